The number of benzene rings is 1. The fraction of sp³-hybridized carbons (Fsp3) is 0.182. The molecule has 32 heavy (non-hydrogen) atoms. The number of hydrogen-bond donors (Lipinski definition) is 0. The standard InChI is InChI=1S/C22H17Cl2N5O2S/c1-13-10-28(12-26-13)18-2-3-19-21(30)27(4-5-29(19)22(18)31)11-17-9-25-20(32-17)14-6-15(23)8-16(24)7-14/h2-3,6-10,12H,4-5,11H2,1H3. The van der Waals surface area contributed by atoms with Crippen LogP contribution in [0.25, 0.3) is 16.3 Å². The number of pyridine rings is 1. The highest BCUT2D eigenvalue weighted by Gasteiger charge is 2.27. The summed E-state index contributed by atoms with van der Waals surface area (Å²) in [6.45, 7) is 3.15. The lowest BCUT2D eigenvalue weighted by Crippen LogP contribution is -2.44. The molecule has 3 aromatic heterocycles. The van der Waals surface area contributed by atoms with Gasteiger partial charge in [-0.05, 0) is 37.3 Å². The summed E-state index contributed by atoms with van der Waals surface area (Å²) in [7, 11) is 0. The summed E-state index contributed by atoms with van der Waals surface area (Å²) in [6.07, 6.45) is 5.15. The number of rotatable bonds is 4. The summed E-state index contributed by atoms with van der Waals surface area (Å²) in [6, 6.07) is 8.66. The Morgan fingerprint density at radius 1 is 1.06 bits per heavy atom. The van der Waals surface area contributed by atoms with Gasteiger partial charge in [0.25, 0.3) is 11.5 Å². The fourth-order valence-corrected chi connectivity index (χ4v) is 5.18. The van der Waals surface area contributed by atoms with E-state index in [9.17, 15) is 9.59 Å². The Balaban J connectivity index is 1.38. The number of hydrogen-bond acceptors (Lipinski definition) is 5. The molecule has 0 radical (unpaired) electrons. The molecule has 162 valence electrons. The predicted molar refractivity (Wildman–Crippen MR) is 125 cm³/mol. The SMILES string of the molecule is Cc1cn(-c2ccc3n(c2=O)CCN(Cc2cnc(-c4cc(Cl)cc(Cl)c4)s2)C3=O)cn1. The molecule has 0 bridgehead atoms. The Morgan fingerprint density at radius 2 is 1.84 bits per heavy atom. The smallest absolute Gasteiger partial charge is 0.275 e. The normalized spacial score (nSPS) is 13.5. The van der Waals surface area contributed by atoms with E-state index >= 15 is 0 Å². The van der Waals surface area contributed by atoms with Crippen LogP contribution >= 0.6 is 34.5 Å². The zero-order chi connectivity index (χ0) is 22.4. The Labute approximate surface area is 197 Å². The van der Waals surface area contributed by atoms with Gasteiger partial charge in [0.05, 0.1) is 18.6 Å². The number of aromatic nitrogens is 4. The van der Waals surface area contributed by atoms with Gasteiger partial charge in [0, 0.05) is 46.0 Å². The van der Waals surface area contributed by atoms with Crippen LogP contribution in [0.3, 0.4) is 0 Å². The van der Waals surface area contributed by atoms with Crippen molar-refractivity contribution in [3.8, 4) is 16.3 Å². The van der Waals surface area contributed by atoms with Gasteiger partial charge in [-0.3, -0.25) is 9.59 Å². The molecule has 0 N–H and O–H groups in total. The first-order valence-electron chi connectivity index (χ1n) is 9.84. The molecular formula is C22H17Cl2N5O2S. The third-order valence-electron chi connectivity index (χ3n) is 5.25. The lowest BCUT2D eigenvalue weighted by atomic mass is 10.2. The summed E-state index contributed by atoms with van der Waals surface area (Å²) < 4.78 is 3.22. The molecule has 4 aromatic rings. The zero-order valence-corrected chi connectivity index (χ0v) is 19.3. The van der Waals surface area contributed by atoms with E-state index in [0.717, 1.165) is 21.1 Å². The van der Waals surface area contributed by atoms with Gasteiger partial charge in [0.15, 0.2) is 0 Å². The number of nitrogens with zero attached hydrogens (tertiary/aromatic N) is 5. The average Bonchev–Trinajstić information content (AvgIpc) is 3.39. The van der Waals surface area contributed by atoms with Crippen LogP contribution in [0.4, 0.5) is 0 Å². The molecule has 4 heterocycles. The molecule has 0 unspecified atom stereocenters. The van der Waals surface area contributed by atoms with Crippen LogP contribution in [0.2, 0.25) is 10.0 Å². The second-order valence-corrected chi connectivity index (χ2v) is 9.49. The van der Waals surface area contributed by atoms with Crippen LogP contribution in [-0.4, -0.2) is 36.5 Å². The maximum absolute atomic E-state index is 13.1. The van der Waals surface area contributed by atoms with Crippen molar-refractivity contribution in [1.82, 2.24) is 24.0 Å². The van der Waals surface area contributed by atoms with Crippen molar-refractivity contribution in [2.24, 2.45) is 0 Å². The van der Waals surface area contributed by atoms with Crippen molar-refractivity contribution in [2.45, 2.75) is 20.0 Å². The number of halogens is 2. The van der Waals surface area contributed by atoms with Gasteiger partial charge in [-0.15, -0.1) is 11.3 Å². The summed E-state index contributed by atoms with van der Waals surface area (Å²) in [4.78, 5) is 37.4. The number of carbonyl (C=O) groups is 1. The van der Waals surface area contributed by atoms with E-state index in [2.05, 4.69) is 9.97 Å². The minimum absolute atomic E-state index is 0.178. The van der Waals surface area contributed by atoms with E-state index in [1.807, 2.05) is 19.1 Å². The highest BCUT2D eigenvalue weighted by atomic mass is 35.5. The molecule has 0 saturated carbocycles. The second-order valence-electron chi connectivity index (χ2n) is 7.50. The Bertz CT molecular complexity index is 1390. The van der Waals surface area contributed by atoms with Crippen LogP contribution in [-0.2, 0) is 13.1 Å². The number of carbonyl (C=O) groups excluding carboxylic acids is 1. The van der Waals surface area contributed by atoms with Crippen molar-refractivity contribution in [3.05, 3.63) is 85.7 Å². The van der Waals surface area contributed by atoms with Crippen molar-refractivity contribution in [2.75, 3.05) is 6.54 Å². The molecule has 7 nitrogen and oxygen atoms in total. The number of imidazole rings is 1. The summed E-state index contributed by atoms with van der Waals surface area (Å²) in [5, 5.41) is 1.87. The lowest BCUT2D eigenvalue weighted by molar-refractivity contribution is 0.0688. The summed E-state index contributed by atoms with van der Waals surface area (Å²) >= 11 is 13.7. The molecular weight excluding hydrogens is 469 g/mol. The van der Waals surface area contributed by atoms with Gasteiger partial charge in [0.2, 0.25) is 0 Å². The van der Waals surface area contributed by atoms with Gasteiger partial charge < -0.3 is 14.0 Å². The first kappa shape index (κ1) is 20.9. The van der Waals surface area contributed by atoms with Gasteiger partial charge in [-0.2, -0.15) is 0 Å². The zero-order valence-electron chi connectivity index (χ0n) is 17.0. The Hall–Kier alpha value is -2.94. The van der Waals surface area contributed by atoms with Crippen LogP contribution in [0.5, 0.6) is 0 Å². The maximum atomic E-state index is 13.1. The quantitative estimate of drug-likeness (QED) is 0.428. The van der Waals surface area contributed by atoms with E-state index in [0.29, 0.717) is 41.1 Å². The molecule has 1 aliphatic heterocycles. The molecule has 1 aliphatic rings. The van der Waals surface area contributed by atoms with Gasteiger partial charge in [-0.1, -0.05) is 23.2 Å². The molecule has 0 fully saturated rings. The molecule has 1 amide bonds. The maximum Gasteiger partial charge on any atom is 0.275 e. The number of aryl methyl sites for hydroxylation is 1. The van der Waals surface area contributed by atoms with Crippen molar-refractivity contribution >= 4 is 40.4 Å². The minimum Gasteiger partial charge on any atom is -0.330 e. The van der Waals surface area contributed by atoms with Gasteiger partial charge >= 0.3 is 0 Å². The monoisotopic (exact) mass is 485 g/mol. The molecule has 0 saturated heterocycles. The van der Waals surface area contributed by atoms with E-state index in [1.54, 1.807) is 46.4 Å². The average molecular weight is 486 g/mol. The van der Waals surface area contributed by atoms with Gasteiger partial charge in [-0.25, -0.2) is 9.97 Å². The second kappa shape index (κ2) is 8.20. The molecule has 0 spiro atoms. The van der Waals surface area contributed by atoms with E-state index in [4.69, 9.17) is 23.2 Å². The summed E-state index contributed by atoms with van der Waals surface area (Å²) in [5.41, 5.74) is 2.31. The topological polar surface area (TPSA) is 73.0 Å². The number of amides is 1. The summed E-state index contributed by atoms with van der Waals surface area (Å²) in [5.74, 6) is -0.178. The van der Waals surface area contributed by atoms with Gasteiger partial charge in [0.1, 0.15) is 16.4 Å². The third-order valence-corrected chi connectivity index (χ3v) is 6.72. The minimum atomic E-state index is -0.203. The van der Waals surface area contributed by atoms with Crippen LogP contribution in [0, 0.1) is 6.92 Å². The predicted octanol–water partition coefficient (Wildman–Crippen LogP) is 4.43. The van der Waals surface area contributed by atoms with Crippen molar-refractivity contribution < 1.29 is 4.79 Å². The molecule has 1 aromatic carbocycles. The highest BCUT2D eigenvalue weighted by Crippen LogP contribution is 2.31. The number of fused-ring (bicyclic) bond motifs is 1. The molecule has 0 aliphatic carbocycles. The Kier molecular flexibility index (Phi) is 5.36. The molecule has 10 heteroatoms. The Morgan fingerprint density at radius 3 is 2.56 bits per heavy atom. The number of thiazole rings is 1. The van der Waals surface area contributed by atoms with E-state index < -0.39 is 0 Å². The first-order chi connectivity index (χ1) is 15.4. The lowest BCUT2D eigenvalue weighted by Gasteiger charge is -2.29. The largest absolute Gasteiger partial charge is 0.330 e. The van der Waals surface area contributed by atoms with Crippen LogP contribution < -0.4 is 5.56 Å². The van der Waals surface area contributed by atoms with Crippen LogP contribution in [0.1, 0.15) is 21.1 Å². The van der Waals surface area contributed by atoms with Crippen molar-refractivity contribution in [3.63, 3.8) is 0 Å². The molecule has 5 rings (SSSR count). The van der Waals surface area contributed by atoms with Crippen LogP contribution in [0.15, 0.2) is 53.8 Å². The van der Waals surface area contributed by atoms with E-state index in [-0.39, 0.29) is 11.5 Å². The highest BCUT2D eigenvalue weighted by molar-refractivity contribution is 7.15. The van der Waals surface area contributed by atoms with Crippen molar-refractivity contribution in [1.29, 1.82) is 0 Å². The first-order valence-corrected chi connectivity index (χ1v) is 11.4. The third kappa shape index (κ3) is 3.85. The van der Waals surface area contributed by atoms with E-state index in [1.165, 1.54) is 15.9 Å². The fourth-order valence-electron chi connectivity index (χ4n) is 3.74. The molecule has 0 atom stereocenters.